The van der Waals surface area contributed by atoms with Crippen LogP contribution in [0.3, 0.4) is 0 Å². The summed E-state index contributed by atoms with van der Waals surface area (Å²) in [6.07, 6.45) is 6.70. The predicted octanol–water partition coefficient (Wildman–Crippen LogP) is 5.17. The molecule has 0 saturated heterocycles. The Morgan fingerprint density at radius 2 is 1.69 bits per heavy atom. The summed E-state index contributed by atoms with van der Waals surface area (Å²) in [7, 11) is 3.18. The van der Waals surface area contributed by atoms with Gasteiger partial charge in [0.05, 0.1) is 20.8 Å². The molecule has 0 fully saturated rings. The summed E-state index contributed by atoms with van der Waals surface area (Å²) >= 11 is 0. The second-order valence-corrected chi connectivity index (χ2v) is 5.89. The van der Waals surface area contributed by atoms with Crippen LogP contribution in [0.15, 0.2) is 48.5 Å². The molecule has 4 heteroatoms. The number of benzene rings is 2. The van der Waals surface area contributed by atoms with Crippen molar-refractivity contribution >= 4 is 11.9 Å². The van der Waals surface area contributed by atoms with Crippen molar-refractivity contribution in [1.29, 1.82) is 0 Å². The zero-order chi connectivity index (χ0) is 18.8. The van der Waals surface area contributed by atoms with Gasteiger partial charge < -0.3 is 14.2 Å². The van der Waals surface area contributed by atoms with E-state index in [1.54, 1.807) is 38.5 Å². The molecular weight excluding hydrogens is 328 g/mol. The van der Waals surface area contributed by atoms with Gasteiger partial charge in [-0.25, -0.2) is 0 Å². The van der Waals surface area contributed by atoms with Gasteiger partial charge in [0, 0.05) is 5.56 Å². The summed E-state index contributed by atoms with van der Waals surface area (Å²) in [6, 6.07) is 12.8. The quantitative estimate of drug-likeness (QED) is 0.335. The van der Waals surface area contributed by atoms with Crippen LogP contribution in [0.25, 0.3) is 6.08 Å². The van der Waals surface area contributed by atoms with Gasteiger partial charge in [0.2, 0.25) is 0 Å². The minimum atomic E-state index is -0.0580. The van der Waals surface area contributed by atoms with Crippen molar-refractivity contribution in [2.24, 2.45) is 0 Å². The largest absolute Gasteiger partial charge is 0.494 e. The highest BCUT2D eigenvalue weighted by atomic mass is 16.5. The fraction of sp³-hybridized carbons (Fsp3) is 0.318. The Hall–Kier alpha value is -2.75. The van der Waals surface area contributed by atoms with E-state index in [-0.39, 0.29) is 5.78 Å². The van der Waals surface area contributed by atoms with Gasteiger partial charge in [-0.2, -0.15) is 0 Å². The van der Waals surface area contributed by atoms with E-state index in [4.69, 9.17) is 14.2 Å². The van der Waals surface area contributed by atoms with Crippen molar-refractivity contribution in [2.75, 3.05) is 20.8 Å². The van der Waals surface area contributed by atoms with E-state index in [0.29, 0.717) is 23.7 Å². The lowest BCUT2D eigenvalue weighted by molar-refractivity contribution is 0.104. The zero-order valence-corrected chi connectivity index (χ0v) is 15.7. The molecule has 0 amide bonds. The Labute approximate surface area is 155 Å². The number of hydrogen-bond donors (Lipinski definition) is 0. The van der Waals surface area contributed by atoms with Gasteiger partial charge in [0.15, 0.2) is 17.3 Å². The van der Waals surface area contributed by atoms with Crippen LogP contribution in [0.1, 0.15) is 42.1 Å². The minimum Gasteiger partial charge on any atom is -0.494 e. The first-order chi connectivity index (χ1) is 12.7. The standard InChI is InChI=1S/C22H26O4/c1-4-5-6-15-26-19-11-9-18(10-12-19)20(23)13-7-17-8-14-21(24-2)22(16-17)25-3/h7-14,16H,4-6,15H2,1-3H3/b13-7+. The van der Waals surface area contributed by atoms with E-state index in [1.807, 2.05) is 30.3 Å². The zero-order valence-electron chi connectivity index (χ0n) is 15.7. The van der Waals surface area contributed by atoms with Crippen LogP contribution >= 0.6 is 0 Å². The van der Waals surface area contributed by atoms with Crippen LogP contribution < -0.4 is 14.2 Å². The molecule has 0 bridgehead atoms. The summed E-state index contributed by atoms with van der Waals surface area (Å²) in [6.45, 7) is 2.87. The predicted molar refractivity (Wildman–Crippen MR) is 104 cm³/mol. The number of hydrogen-bond acceptors (Lipinski definition) is 4. The van der Waals surface area contributed by atoms with Crippen LogP contribution in [-0.4, -0.2) is 26.6 Å². The monoisotopic (exact) mass is 354 g/mol. The fourth-order valence-corrected chi connectivity index (χ4v) is 2.48. The van der Waals surface area contributed by atoms with E-state index in [2.05, 4.69) is 6.92 Å². The molecule has 0 radical (unpaired) electrons. The molecule has 4 nitrogen and oxygen atoms in total. The van der Waals surface area contributed by atoms with Crippen LogP contribution in [0, 0.1) is 0 Å². The second kappa shape index (κ2) is 10.3. The van der Waals surface area contributed by atoms with Gasteiger partial charge in [0.1, 0.15) is 5.75 Å². The van der Waals surface area contributed by atoms with Crippen molar-refractivity contribution in [1.82, 2.24) is 0 Å². The smallest absolute Gasteiger partial charge is 0.185 e. The third-order valence-corrected chi connectivity index (χ3v) is 3.99. The molecule has 2 aromatic rings. The van der Waals surface area contributed by atoms with Crippen molar-refractivity contribution < 1.29 is 19.0 Å². The molecule has 0 saturated carbocycles. The van der Waals surface area contributed by atoms with Gasteiger partial charge in [-0.3, -0.25) is 4.79 Å². The Morgan fingerprint density at radius 1 is 0.962 bits per heavy atom. The maximum Gasteiger partial charge on any atom is 0.185 e. The van der Waals surface area contributed by atoms with Crippen molar-refractivity contribution in [2.45, 2.75) is 26.2 Å². The number of ether oxygens (including phenoxy) is 3. The first-order valence-corrected chi connectivity index (χ1v) is 8.85. The maximum absolute atomic E-state index is 12.3. The first-order valence-electron chi connectivity index (χ1n) is 8.85. The van der Waals surface area contributed by atoms with Gasteiger partial charge in [-0.1, -0.05) is 31.9 Å². The second-order valence-electron chi connectivity index (χ2n) is 5.89. The molecule has 2 rings (SSSR count). The Bertz CT molecular complexity index is 732. The molecule has 0 N–H and O–H groups in total. The van der Waals surface area contributed by atoms with Crippen LogP contribution in [0.4, 0.5) is 0 Å². The fourth-order valence-electron chi connectivity index (χ4n) is 2.48. The lowest BCUT2D eigenvalue weighted by Crippen LogP contribution is -1.98. The number of rotatable bonds is 10. The highest BCUT2D eigenvalue weighted by molar-refractivity contribution is 6.06. The minimum absolute atomic E-state index is 0.0580. The number of methoxy groups -OCH3 is 2. The molecule has 0 aliphatic rings. The molecule has 0 unspecified atom stereocenters. The molecule has 0 aromatic heterocycles. The van der Waals surface area contributed by atoms with E-state index >= 15 is 0 Å². The molecule has 0 atom stereocenters. The molecule has 2 aromatic carbocycles. The topological polar surface area (TPSA) is 44.8 Å². The summed E-state index contributed by atoms with van der Waals surface area (Å²) in [5.74, 6) is 2.02. The van der Waals surface area contributed by atoms with E-state index < -0.39 is 0 Å². The molecule has 0 spiro atoms. The Morgan fingerprint density at radius 3 is 2.35 bits per heavy atom. The van der Waals surface area contributed by atoms with Crippen LogP contribution in [0.2, 0.25) is 0 Å². The van der Waals surface area contributed by atoms with E-state index in [0.717, 1.165) is 24.2 Å². The van der Waals surface area contributed by atoms with E-state index in [1.165, 1.54) is 6.42 Å². The maximum atomic E-state index is 12.3. The third-order valence-electron chi connectivity index (χ3n) is 3.99. The summed E-state index contributed by atoms with van der Waals surface area (Å²) < 4.78 is 16.1. The molecular formula is C22H26O4. The Balaban J connectivity index is 1.97. The van der Waals surface area contributed by atoms with Crippen molar-refractivity contribution in [3.63, 3.8) is 0 Å². The van der Waals surface area contributed by atoms with Gasteiger partial charge in [-0.15, -0.1) is 0 Å². The van der Waals surface area contributed by atoms with E-state index in [9.17, 15) is 4.79 Å². The lowest BCUT2D eigenvalue weighted by atomic mass is 10.1. The first kappa shape index (κ1) is 19.6. The Kier molecular flexibility index (Phi) is 7.75. The molecule has 26 heavy (non-hydrogen) atoms. The van der Waals surface area contributed by atoms with Crippen LogP contribution in [-0.2, 0) is 0 Å². The number of ketones is 1. The lowest BCUT2D eigenvalue weighted by Gasteiger charge is -2.07. The summed E-state index contributed by atoms with van der Waals surface area (Å²) in [5.41, 5.74) is 1.49. The number of carbonyl (C=O) groups is 1. The highest BCUT2D eigenvalue weighted by Gasteiger charge is 2.05. The van der Waals surface area contributed by atoms with Crippen molar-refractivity contribution in [3.8, 4) is 17.2 Å². The normalized spacial score (nSPS) is 10.7. The highest BCUT2D eigenvalue weighted by Crippen LogP contribution is 2.28. The van der Waals surface area contributed by atoms with Crippen molar-refractivity contribution in [3.05, 3.63) is 59.7 Å². The average Bonchev–Trinajstić information content (AvgIpc) is 2.69. The SMILES string of the molecule is CCCCCOc1ccc(C(=O)/C=C/c2ccc(OC)c(OC)c2)cc1. The number of allylic oxidation sites excluding steroid dienone is 1. The average molecular weight is 354 g/mol. The van der Waals surface area contributed by atoms with Crippen LogP contribution in [0.5, 0.6) is 17.2 Å². The van der Waals surface area contributed by atoms with Gasteiger partial charge >= 0.3 is 0 Å². The third kappa shape index (κ3) is 5.66. The summed E-state index contributed by atoms with van der Waals surface area (Å²) in [4.78, 5) is 12.3. The van der Waals surface area contributed by atoms with Gasteiger partial charge in [-0.05, 0) is 54.5 Å². The molecule has 0 heterocycles. The molecule has 138 valence electrons. The summed E-state index contributed by atoms with van der Waals surface area (Å²) in [5, 5.41) is 0. The van der Waals surface area contributed by atoms with Gasteiger partial charge in [0.25, 0.3) is 0 Å². The molecule has 0 aliphatic carbocycles. The number of unbranched alkanes of at least 4 members (excludes halogenated alkanes) is 2. The number of carbonyl (C=O) groups excluding carboxylic acids is 1. The molecule has 0 aliphatic heterocycles.